The Bertz CT molecular complexity index is 176. The fourth-order valence-corrected chi connectivity index (χ4v) is 0.971. The van der Waals surface area contributed by atoms with Gasteiger partial charge in [0.15, 0.2) is 0 Å². The molecule has 2 nitrogen and oxygen atoms in total. The van der Waals surface area contributed by atoms with E-state index in [1.54, 1.807) is 11.8 Å². The summed E-state index contributed by atoms with van der Waals surface area (Å²) < 4.78 is 0. The Kier molecular flexibility index (Phi) is 2.15. The van der Waals surface area contributed by atoms with E-state index < -0.39 is 0 Å². The number of nitrogens with zero attached hydrogens (tertiary/aromatic N) is 1. The molecule has 0 saturated heterocycles. The Labute approximate surface area is 62.3 Å². The first-order valence-electron chi connectivity index (χ1n) is 3.40. The molecule has 1 aliphatic heterocycles. The van der Waals surface area contributed by atoms with Crippen LogP contribution in [-0.4, -0.2) is 31.7 Å². The zero-order valence-corrected chi connectivity index (χ0v) is 6.13. The molecular weight excluding hydrogens is 125 g/mol. The topological polar surface area (TPSA) is 20.3 Å². The van der Waals surface area contributed by atoms with Crippen LogP contribution in [0.4, 0.5) is 0 Å². The van der Waals surface area contributed by atoms with Gasteiger partial charge in [0.1, 0.15) is 7.85 Å². The summed E-state index contributed by atoms with van der Waals surface area (Å²) in [7, 11) is 5.52. The van der Waals surface area contributed by atoms with Gasteiger partial charge in [0.25, 0.3) is 0 Å². The summed E-state index contributed by atoms with van der Waals surface area (Å²) in [5, 5.41) is 0. The van der Waals surface area contributed by atoms with Crippen LogP contribution >= 0.6 is 0 Å². The Balaban J connectivity index is 2.50. The molecule has 0 fully saturated rings. The average Bonchev–Trinajstić information content (AvgIpc) is 1.88. The largest absolute Gasteiger partial charge is 0.339 e. The minimum Gasteiger partial charge on any atom is -0.339 e. The SMILES string of the molecule is [B]C1=CCN(C(C)=O)CC1. The summed E-state index contributed by atoms with van der Waals surface area (Å²) in [5.74, 6) is 0.128. The molecule has 0 aromatic heterocycles. The van der Waals surface area contributed by atoms with Crippen molar-refractivity contribution in [3.8, 4) is 0 Å². The van der Waals surface area contributed by atoms with E-state index in [2.05, 4.69) is 0 Å². The molecule has 0 N–H and O–H groups in total. The van der Waals surface area contributed by atoms with Gasteiger partial charge < -0.3 is 4.90 Å². The maximum absolute atomic E-state index is 10.8. The van der Waals surface area contributed by atoms with Crippen LogP contribution in [0.25, 0.3) is 0 Å². The third-order valence-electron chi connectivity index (χ3n) is 1.69. The van der Waals surface area contributed by atoms with E-state index in [4.69, 9.17) is 7.85 Å². The molecule has 0 aliphatic carbocycles. The molecule has 1 amide bonds. The first-order chi connectivity index (χ1) is 4.70. The van der Waals surface area contributed by atoms with E-state index >= 15 is 0 Å². The lowest BCUT2D eigenvalue weighted by Crippen LogP contribution is -2.32. The Hall–Kier alpha value is -0.725. The monoisotopic (exact) mass is 135 g/mol. The van der Waals surface area contributed by atoms with Crippen molar-refractivity contribution >= 4 is 13.8 Å². The molecule has 52 valence electrons. The first-order valence-corrected chi connectivity index (χ1v) is 3.40. The highest BCUT2D eigenvalue weighted by Gasteiger charge is 2.09. The van der Waals surface area contributed by atoms with Gasteiger partial charge in [-0.3, -0.25) is 4.79 Å². The van der Waals surface area contributed by atoms with Crippen molar-refractivity contribution in [1.29, 1.82) is 0 Å². The predicted octanol–water partition coefficient (Wildman–Crippen LogP) is 0.291. The molecule has 1 rings (SSSR count). The molecule has 1 heterocycles. The van der Waals surface area contributed by atoms with E-state index in [-0.39, 0.29) is 5.91 Å². The van der Waals surface area contributed by atoms with Gasteiger partial charge in [-0.05, 0) is 6.42 Å². The molecule has 0 spiro atoms. The van der Waals surface area contributed by atoms with Gasteiger partial charge in [-0.15, -0.1) is 5.47 Å². The number of carbonyl (C=O) groups excluding carboxylic acids is 1. The summed E-state index contributed by atoms with van der Waals surface area (Å²) in [4.78, 5) is 12.5. The van der Waals surface area contributed by atoms with Crippen molar-refractivity contribution in [3.63, 3.8) is 0 Å². The molecule has 1 aliphatic rings. The van der Waals surface area contributed by atoms with Gasteiger partial charge in [0.05, 0.1) is 0 Å². The predicted molar refractivity (Wildman–Crippen MR) is 40.7 cm³/mol. The lowest BCUT2D eigenvalue weighted by molar-refractivity contribution is -0.128. The second kappa shape index (κ2) is 2.91. The van der Waals surface area contributed by atoms with E-state index in [0.29, 0.717) is 6.54 Å². The van der Waals surface area contributed by atoms with Gasteiger partial charge in [-0.1, -0.05) is 6.08 Å². The van der Waals surface area contributed by atoms with Gasteiger partial charge in [-0.2, -0.15) is 0 Å². The number of carbonyl (C=O) groups is 1. The van der Waals surface area contributed by atoms with Crippen molar-refractivity contribution in [1.82, 2.24) is 4.90 Å². The number of hydrogen-bond donors (Lipinski definition) is 0. The average molecular weight is 135 g/mol. The molecule has 2 radical (unpaired) electrons. The number of rotatable bonds is 0. The highest BCUT2D eigenvalue weighted by atomic mass is 16.2. The van der Waals surface area contributed by atoms with Gasteiger partial charge >= 0.3 is 0 Å². The molecule has 0 atom stereocenters. The van der Waals surface area contributed by atoms with Crippen LogP contribution in [0, 0.1) is 0 Å². The van der Waals surface area contributed by atoms with Crippen LogP contribution in [0.5, 0.6) is 0 Å². The van der Waals surface area contributed by atoms with E-state index in [0.717, 1.165) is 18.4 Å². The maximum atomic E-state index is 10.8. The first kappa shape index (κ1) is 7.38. The van der Waals surface area contributed by atoms with Gasteiger partial charge in [0, 0.05) is 20.0 Å². The van der Waals surface area contributed by atoms with Crippen molar-refractivity contribution < 1.29 is 4.79 Å². The van der Waals surface area contributed by atoms with Crippen LogP contribution in [0.15, 0.2) is 11.5 Å². The fourth-order valence-electron chi connectivity index (χ4n) is 0.971. The Morgan fingerprint density at radius 2 is 2.50 bits per heavy atom. The molecular formula is C7H10BNO. The van der Waals surface area contributed by atoms with E-state index in [1.807, 2.05) is 6.08 Å². The number of amides is 1. The quantitative estimate of drug-likeness (QED) is 0.437. The third kappa shape index (κ3) is 1.63. The standard InChI is InChI=1S/C7H10BNO/c1-6(10)9-4-2-7(8)3-5-9/h2H,3-5H2,1H3. The van der Waals surface area contributed by atoms with E-state index in [1.165, 1.54) is 0 Å². The molecule has 0 saturated carbocycles. The molecule has 0 unspecified atom stereocenters. The second-order valence-electron chi connectivity index (χ2n) is 2.49. The van der Waals surface area contributed by atoms with Crippen LogP contribution in [0.2, 0.25) is 0 Å². The highest BCUT2D eigenvalue weighted by molar-refractivity contribution is 6.21. The normalized spacial score (nSPS) is 18.5. The Morgan fingerprint density at radius 1 is 1.80 bits per heavy atom. The maximum Gasteiger partial charge on any atom is 0.219 e. The zero-order valence-electron chi connectivity index (χ0n) is 6.13. The molecule has 10 heavy (non-hydrogen) atoms. The van der Waals surface area contributed by atoms with Crippen molar-refractivity contribution in [3.05, 3.63) is 11.5 Å². The smallest absolute Gasteiger partial charge is 0.219 e. The summed E-state index contributed by atoms with van der Waals surface area (Å²) in [5.41, 5.74) is 0.900. The summed E-state index contributed by atoms with van der Waals surface area (Å²) in [6.45, 7) is 3.04. The lowest BCUT2D eigenvalue weighted by Gasteiger charge is -2.23. The summed E-state index contributed by atoms with van der Waals surface area (Å²) >= 11 is 0. The van der Waals surface area contributed by atoms with E-state index in [9.17, 15) is 4.79 Å². The second-order valence-corrected chi connectivity index (χ2v) is 2.49. The molecule has 3 heteroatoms. The highest BCUT2D eigenvalue weighted by Crippen LogP contribution is 2.06. The van der Waals surface area contributed by atoms with Crippen molar-refractivity contribution in [2.45, 2.75) is 13.3 Å². The fraction of sp³-hybridized carbons (Fsp3) is 0.571. The molecule has 0 bridgehead atoms. The van der Waals surface area contributed by atoms with Crippen LogP contribution in [0.1, 0.15) is 13.3 Å². The Morgan fingerprint density at radius 3 is 2.90 bits per heavy atom. The summed E-state index contributed by atoms with van der Waals surface area (Å²) in [6, 6.07) is 0. The van der Waals surface area contributed by atoms with Gasteiger partial charge in [0.2, 0.25) is 5.91 Å². The molecule has 0 aromatic carbocycles. The zero-order chi connectivity index (χ0) is 7.56. The minimum absolute atomic E-state index is 0.128. The lowest BCUT2D eigenvalue weighted by atomic mass is 9.90. The van der Waals surface area contributed by atoms with Crippen molar-refractivity contribution in [2.75, 3.05) is 13.1 Å². The third-order valence-corrected chi connectivity index (χ3v) is 1.69. The summed E-state index contributed by atoms with van der Waals surface area (Å²) in [6.07, 6.45) is 2.71. The van der Waals surface area contributed by atoms with Crippen molar-refractivity contribution in [2.24, 2.45) is 0 Å². The number of hydrogen-bond acceptors (Lipinski definition) is 1. The van der Waals surface area contributed by atoms with Crippen LogP contribution in [-0.2, 0) is 4.79 Å². The van der Waals surface area contributed by atoms with Crippen LogP contribution < -0.4 is 0 Å². The molecule has 0 aromatic rings. The van der Waals surface area contributed by atoms with Gasteiger partial charge in [-0.25, -0.2) is 0 Å². The minimum atomic E-state index is 0.128. The van der Waals surface area contributed by atoms with Crippen LogP contribution in [0.3, 0.4) is 0 Å².